The van der Waals surface area contributed by atoms with Crippen molar-refractivity contribution in [1.82, 2.24) is 25.4 Å². The number of aryl methyl sites for hydroxylation is 1. The molecule has 4 rings (SSSR count). The Hall–Kier alpha value is -2.19. The number of furan rings is 1. The first-order chi connectivity index (χ1) is 13.2. The highest BCUT2D eigenvalue weighted by Gasteiger charge is 2.35. The molecule has 27 heavy (non-hydrogen) atoms. The average Bonchev–Trinajstić information content (AvgIpc) is 3.34. The Bertz CT molecular complexity index is 738. The molecule has 0 aromatic carbocycles. The normalized spacial score (nSPS) is 24.8. The van der Waals surface area contributed by atoms with Gasteiger partial charge in [-0.3, -0.25) is 14.8 Å². The van der Waals surface area contributed by atoms with Crippen molar-refractivity contribution in [3.8, 4) is 0 Å². The monoisotopic (exact) mass is 373 g/mol. The number of H-pyrrole nitrogens is 1. The Labute approximate surface area is 158 Å². The third-order valence-corrected chi connectivity index (χ3v) is 5.55. The molecule has 0 aliphatic carbocycles. The minimum atomic E-state index is -0.00352. The summed E-state index contributed by atoms with van der Waals surface area (Å²) >= 11 is 0. The molecule has 2 aliphatic heterocycles. The molecule has 2 aromatic heterocycles. The first-order valence-electron chi connectivity index (χ1n) is 9.69. The molecule has 2 aromatic rings. The van der Waals surface area contributed by atoms with Crippen LogP contribution in [0.15, 0.2) is 23.0 Å². The van der Waals surface area contributed by atoms with Crippen LogP contribution in [0.3, 0.4) is 0 Å². The lowest BCUT2D eigenvalue weighted by molar-refractivity contribution is -0.129. The van der Waals surface area contributed by atoms with Gasteiger partial charge in [0.15, 0.2) is 5.82 Å². The van der Waals surface area contributed by atoms with Gasteiger partial charge in [-0.25, -0.2) is 4.98 Å². The molecule has 2 saturated heterocycles. The van der Waals surface area contributed by atoms with E-state index < -0.39 is 0 Å². The molecule has 4 heterocycles. The molecule has 2 fully saturated rings. The van der Waals surface area contributed by atoms with Crippen molar-refractivity contribution in [2.24, 2.45) is 5.92 Å². The van der Waals surface area contributed by atoms with E-state index in [2.05, 4.69) is 25.4 Å². The van der Waals surface area contributed by atoms with Gasteiger partial charge < -0.3 is 14.5 Å². The van der Waals surface area contributed by atoms with E-state index in [1.807, 2.05) is 13.0 Å². The van der Waals surface area contributed by atoms with Crippen LogP contribution in [0.5, 0.6) is 0 Å². The van der Waals surface area contributed by atoms with Gasteiger partial charge in [0.05, 0.1) is 18.6 Å². The van der Waals surface area contributed by atoms with Crippen molar-refractivity contribution in [3.05, 3.63) is 35.8 Å². The highest BCUT2D eigenvalue weighted by molar-refractivity contribution is 5.79. The van der Waals surface area contributed by atoms with Crippen LogP contribution in [0.25, 0.3) is 0 Å². The van der Waals surface area contributed by atoms with Gasteiger partial charge >= 0.3 is 0 Å². The van der Waals surface area contributed by atoms with E-state index in [1.165, 1.54) is 0 Å². The summed E-state index contributed by atoms with van der Waals surface area (Å²) in [6, 6.07) is 1.98. The van der Waals surface area contributed by atoms with Crippen molar-refractivity contribution in [2.45, 2.75) is 44.7 Å². The topological polar surface area (TPSA) is 96.3 Å². The fraction of sp³-hybridized carbons (Fsp3) is 0.632. The lowest BCUT2D eigenvalue weighted by atomic mass is 9.89. The molecular formula is C19H27N5O3. The van der Waals surface area contributed by atoms with E-state index in [4.69, 9.17) is 9.15 Å². The summed E-state index contributed by atoms with van der Waals surface area (Å²) in [6.07, 6.45) is 5.97. The maximum absolute atomic E-state index is 12.8. The van der Waals surface area contributed by atoms with Gasteiger partial charge in [-0.05, 0) is 38.8 Å². The fourth-order valence-corrected chi connectivity index (χ4v) is 4.05. The number of piperidine rings is 1. The number of nitrogens with one attached hydrogen (secondary N) is 2. The second-order valence-electron chi connectivity index (χ2n) is 7.54. The fourth-order valence-electron chi connectivity index (χ4n) is 4.05. The molecule has 146 valence electrons. The molecule has 2 aliphatic rings. The highest BCUT2D eigenvalue weighted by Crippen LogP contribution is 2.28. The Morgan fingerprint density at radius 2 is 2.22 bits per heavy atom. The molecule has 0 radical (unpaired) electrons. The van der Waals surface area contributed by atoms with Gasteiger partial charge in [-0.15, -0.1) is 0 Å². The van der Waals surface area contributed by atoms with E-state index in [0.29, 0.717) is 13.2 Å². The zero-order chi connectivity index (χ0) is 18.6. The first kappa shape index (κ1) is 18.2. The molecule has 8 heteroatoms. The van der Waals surface area contributed by atoms with Crippen LogP contribution in [0, 0.1) is 12.8 Å². The molecule has 0 unspecified atom stereocenters. The molecule has 1 amide bonds. The van der Waals surface area contributed by atoms with Crippen molar-refractivity contribution in [3.63, 3.8) is 0 Å². The largest absolute Gasteiger partial charge is 0.472 e. The predicted octanol–water partition coefficient (Wildman–Crippen LogP) is 1.61. The first-order valence-corrected chi connectivity index (χ1v) is 9.69. The van der Waals surface area contributed by atoms with Crippen LogP contribution in [-0.2, 0) is 16.1 Å². The molecule has 8 nitrogen and oxygen atoms in total. The van der Waals surface area contributed by atoms with E-state index >= 15 is 0 Å². The summed E-state index contributed by atoms with van der Waals surface area (Å²) in [5, 5.41) is 10.6. The van der Waals surface area contributed by atoms with E-state index in [0.717, 1.165) is 56.1 Å². The number of aromatic nitrogens is 3. The van der Waals surface area contributed by atoms with Gasteiger partial charge in [0.1, 0.15) is 5.82 Å². The van der Waals surface area contributed by atoms with E-state index in [-0.39, 0.29) is 23.8 Å². The molecule has 2 atom stereocenters. The zero-order valence-corrected chi connectivity index (χ0v) is 15.7. The Kier molecular flexibility index (Phi) is 5.54. The summed E-state index contributed by atoms with van der Waals surface area (Å²) in [5.74, 6) is 1.90. The standard InChI is InChI=1S/C19H27N5O3/c1-13-20-18(23-22-13)16-2-6-24(10-14-3-7-27-12-14)11-17(16)21-19(25)15-4-8-26-9-5-15/h3,7,12,15-17H,2,4-6,8-11H2,1H3,(H,21,25)(H,20,22,23)/t16-,17+/m0/s1. The van der Waals surface area contributed by atoms with E-state index in [9.17, 15) is 4.79 Å². The number of nitrogens with zero attached hydrogens (tertiary/aromatic N) is 3. The summed E-state index contributed by atoms with van der Waals surface area (Å²) in [4.78, 5) is 19.7. The number of hydrogen-bond acceptors (Lipinski definition) is 6. The van der Waals surface area contributed by atoms with Gasteiger partial charge in [-0.1, -0.05) is 0 Å². The third kappa shape index (κ3) is 4.39. The second kappa shape index (κ2) is 8.22. The number of likely N-dealkylation sites (tertiary alicyclic amines) is 1. The summed E-state index contributed by atoms with van der Waals surface area (Å²) in [7, 11) is 0. The quantitative estimate of drug-likeness (QED) is 0.827. The second-order valence-corrected chi connectivity index (χ2v) is 7.54. The lowest BCUT2D eigenvalue weighted by Gasteiger charge is -2.38. The minimum absolute atomic E-state index is 0.00352. The number of hydrogen-bond donors (Lipinski definition) is 2. The van der Waals surface area contributed by atoms with Crippen LogP contribution in [0.4, 0.5) is 0 Å². The maximum atomic E-state index is 12.8. The highest BCUT2D eigenvalue weighted by atomic mass is 16.5. The predicted molar refractivity (Wildman–Crippen MR) is 97.9 cm³/mol. The summed E-state index contributed by atoms with van der Waals surface area (Å²) in [5.41, 5.74) is 1.15. The van der Waals surface area contributed by atoms with Crippen LogP contribution in [0.1, 0.15) is 42.4 Å². The molecule has 0 spiro atoms. The van der Waals surface area contributed by atoms with Crippen molar-refractivity contribution >= 4 is 5.91 Å². The van der Waals surface area contributed by atoms with Crippen molar-refractivity contribution < 1.29 is 13.9 Å². The van der Waals surface area contributed by atoms with Crippen molar-refractivity contribution in [2.75, 3.05) is 26.3 Å². The Morgan fingerprint density at radius 1 is 1.37 bits per heavy atom. The van der Waals surface area contributed by atoms with Gasteiger partial charge in [-0.2, -0.15) is 5.10 Å². The Balaban J connectivity index is 1.46. The summed E-state index contributed by atoms with van der Waals surface area (Å²) in [6.45, 7) is 5.77. The SMILES string of the molecule is Cc1nc([C@H]2CCN(Cc3ccoc3)C[C@H]2NC(=O)C2CCOCC2)n[nH]1. The van der Waals surface area contributed by atoms with Gasteiger partial charge in [0.2, 0.25) is 5.91 Å². The van der Waals surface area contributed by atoms with Gasteiger partial charge in [0, 0.05) is 43.7 Å². The van der Waals surface area contributed by atoms with Crippen LogP contribution in [0.2, 0.25) is 0 Å². The van der Waals surface area contributed by atoms with Crippen LogP contribution < -0.4 is 5.32 Å². The Morgan fingerprint density at radius 3 is 2.93 bits per heavy atom. The molecular weight excluding hydrogens is 346 g/mol. The number of amides is 1. The minimum Gasteiger partial charge on any atom is -0.472 e. The molecule has 0 saturated carbocycles. The number of ether oxygens (including phenoxy) is 1. The van der Waals surface area contributed by atoms with Crippen LogP contribution in [-0.4, -0.2) is 58.3 Å². The number of aromatic amines is 1. The van der Waals surface area contributed by atoms with Crippen LogP contribution >= 0.6 is 0 Å². The smallest absolute Gasteiger partial charge is 0.223 e. The average molecular weight is 373 g/mol. The van der Waals surface area contributed by atoms with E-state index in [1.54, 1.807) is 12.5 Å². The maximum Gasteiger partial charge on any atom is 0.223 e. The molecule has 0 bridgehead atoms. The van der Waals surface area contributed by atoms with Gasteiger partial charge in [0.25, 0.3) is 0 Å². The third-order valence-electron chi connectivity index (χ3n) is 5.55. The number of carbonyl (C=O) groups excluding carboxylic acids is 1. The van der Waals surface area contributed by atoms with Crippen molar-refractivity contribution in [1.29, 1.82) is 0 Å². The lowest BCUT2D eigenvalue weighted by Crippen LogP contribution is -2.53. The molecule has 2 N–H and O–H groups in total. The number of rotatable bonds is 5. The number of carbonyl (C=O) groups is 1. The zero-order valence-electron chi connectivity index (χ0n) is 15.7. The summed E-state index contributed by atoms with van der Waals surface area (Å²) < 4.78 is 10.6.